The zero-order valence-electron chi connectivity index (χ0n) is 32.2. The van der Waals surface area contributed by atoms with Crippen molar-refractivity contribution in [3.63, 3.8) is 0 Å². The van der Waals surface area contributed by atoms with Gasteiger partial charge in [0.15, 0.2) is 12.4 Å². The summed E-state index contributed by atoms with van der Waals surface area (Å²) in [6, 6.07) is 0. The quantitative estimate of drug-likeness (QED) is 0.0332. The van der Waals surface area contributed by atoms with Gasteiger partial charge in [-0.2, -0.15) is 0 Å². The normalized spacial score (nSPS) is 21.8. The van der Waals surface area contributed by atoms with Crippen LogP contribution in [-0.4, -0.2) is 89.0 Å². The van der Waals surface area contributed by atoms with E-state index in [1.165, 1.54) is 0 Å². The highest BCUT2D eigenvalue weighted by atomic mass is 16.7. The van der Waals surface area contributed by atoms with Crippen molar-refractivity contribution in [1.29, 1.82) is 0 Å². The van der Waals surface area contributed by atoms with Crippen LogP contribution in [0.5, 0.6) is 0 Å². The van der Waals surface area contributed by atoms with Gasteiger partial charge < -0.3 is 39.4 Å². The van der Waals surface area contributed by atoms with Gasteiger partial charge >= 0.3 is 11.9 Å². The molecule has 4 N–H and O–H groups in total. The van der Waals surface area contributed by atoms with Crippen LogP contribution in [0, 0.1) is 0 Å². The molecule has 53 heavy (non-hydrogen) atoms. The van der Waals surface area contributed by atoms with Gasteiger partial charge in [-0.1, -0.05) is 118 Å². The van der Waals surface area contributed by atoms with Gasteiger partial charge in [-0.3, -0.25) is 9.59 Å². The highest BCUT2D eigenvalue weighted by Crippen LogP contribution is 2.22. The molecule has 1 rings (SSSR count). The lowest BCUT2D eigenvalue weighted by Gasteiger charge is -2.39. The maximum absolute atomic E-state index is 12.7. The first-order chi connectivity index (χ1) is 25.8. The Hall–Kier alpha value is -3.12. The first-order valence-corrected chi connectivity index (χ1v) is 19.7. The maximum Gasteiger partial charge on any atom is 0.306 e. The minimum absolute atomic E-state index is 0.0997. The average molecular weight is 745 g/mol. The molecule has 0 amide bonds. The van der Waals surface area contributed by atoms with Crippen molar-refractivity contribution in [3.8, 4) is 0 Å². The fourth-order valence-electron chi connectivity index (χ4n) is 5.21. The average Bonchev–Trinajstić information content (AvgIpc) is 3.15. The fraction of sp³-hybridized carbons (Fsp3) is 0.628. The standard InChI is InChI=1S/C43H68O10/c1-3-5-7-9-11-13-15-17-18-20-21-23-25-27-29-31-38(45)50-34-36(35-51-43-42(49)41(48)40(47)37(33-44)53-43)52-39(46)32-30-28-26-24-22-19-16-14-12-10-8-6-4-2/h5-8,11-14,17-19,22,26,28,36-37,40-44,47-49H,3-4,9-10,15-16,20-21,23-25,27,29-35H2,1-2H3/b7-5-,8-6-,13-11-,14-12-,18-17-,22-19-,28-26-/t36-,37-,40+,41+,42-,43-/m1/s1. The van der Waals surface area contributed by atoms with Gasteiger partial charge in [-0.05, 0) is 70.6 Å². The number of unbranched alkanes of at least 4 members (excludes halogenated alkanes) is 5. The van der Waals surface area contributed by atoms with Crippen LogP contribution in [0.15, 0.2) is 85.1 Å². The molecule has 0 unspecified atom stereocenters. The summed E-state index contributed by atoms with van der Waals surface area (Å²) >= 11 is 0. The van der Waals surface area contributed by atoms with Gasteiger partial charge in [0.1, 0.15) is 31.0 Å². The third-order valence-corrected chi connectivity index (χ3v) is 8.29. The number of hydrogen-bond donors (Lipinski definition) is 4. The molecule has 0 saturated carbocycles. The number of carbonyl (C=O) groups excluding carboxylic acids is 2. The minimum Gasteiger partial charge on any atom is -0.462 e. The molecule has 1 saturated heterocycles. The van der Waals surface area contributed by atoms with Crippen LogP contribution in [0.2, 0.25) is 0 Å². The molecule has 0 spiro atoms. The fourth-order valence-corrected chi connectivity index (χ4v) is 5.21. The van der Waals surface area contributed by atoms with E-state index in [4.69, 9.17) is 18.9 Å². The van der Waals surface area contributed by atoms with Crippen molar-refractivity contribution < 1.29 is 49.0 Å². The molecular weight excluding hydrogens is 676 g/mol. The smallest absolute Gasteiger partial charge is 0.306 e. The highest BCUT2D eigenvalue weighted by molar-refractivity contribution is 5.70. The molecule has 10 nitrogen and oxygen atoms in total. The first-order valence-electron chi connectivity index (χ1n) is 19.7. The molecule has 1 fully saturated rings. The van der Waals surface area contributed by atoms with Crippen LogP contribution in [0.1, 0.15) is 117 Å². The molecule has 10 heteroatoms. The second-order valence-corrected chi connectivity index (χ2v) is 13.0. The molecule has 1 aliphatic heterocycles. The number of hydrogen-bond acceptors (Lipinski definition) is 10. The van der Waals surface area contributed by atoms with Crippen LogP contribution in [0.4, 0.5) is 0 Å². The van der Waals surface area contributed by atoms with Crippen molar-refractivity contribution in [2.75, 3.05) is 19.8 Å². The van der Waals surface area contributed by atoms with Gasteiger partial charge in [0.25, 0.3) is 0 Å². The first kappa shape index (κ1) is 47.9. The largest absolute Gasteiger partial charge is 0.462 e. The second kappa shape index (κ2) is 33.4. The number of carbonyl (C=O) groups is 2. The van der Waals surface area contributed by atoms with E-state index in [1.807, 2.05) is 12.2 Å². The number of rotatable bonds is 30. The molecule has 1 heterocycles. The van der Waals surface area contributed by atoms with Gasteiger partial charge in [0.05, 0.1) is 13.2 Å². The van der Waals surface area contributed by atoms with Crippen molar-refractivity contribution in [3.05, 3.63) is 85.1 Å². The summed E-state index contributed by atoms with van der Waals surface area (Å²) in [6.07, 6.45) is 34.7. The molecule has 6 atom stereocenters. The van der Waals surface area contributed by atoms with Crippen LogP contribution in [0.25, 0.3) is 0 Å². The SMILES string of the molecule is CC/C=C\C/C=C\C/C=C\C/C=C\CCC(=O)O[C@H](COC(=O)CCCCCCC/C=C\C/C=C\C/C=C\CC)CO[C@@H]1O[C@H](CO)[C@H](O)[C@H](O)[C@H]1O. The number of ether oxygens (including phenoxy) is 4. The van der Waals surface area contributed by atoms with Crippen molar-refractivity contribution in [2.45, 2.75) is 153 Å². The van der Waals surface area contributed by atoms with Crippen molar-refractivity contribution in [2.24, 2.45) is 0 Å². The van der Waals surface area contributed by atoms with Gasteiger partial charge in [0.2, 0.25) is 0 Å². The van der Waals surface area contributed by atoms with Crippen LogP contribution in [-0.2, 0) is 28.5 Å². The van der Waals surface area contributed by atoms with Crippen LogP contribution < -0.4 is 0 Å². The third-order valence-electron chi connectivity index (χ3n) is 8.29. The van der Waals surface area contributed by atoms with E-state index in [1.54, 1.807) is 0 Å². The Balaban J connectivity index is 2.45. The van der Waals surface area contributed by atoms with E-state index >= 15 is 0 Å². The minimum atomic E-state index is -1.61. The third kappa shape index (κ3) is 25.5. The summed E-state index contributed by atoms with van der Waals surface area (Å²) in [6.45, 7) is 3.06. The van der Waals surface area contributed by atoms with Gasteiger partial charge in [-0.25, -0.2) is 0 Å². The van der Waals surface area contributed by atoms with Crippen molar-refractivity contribution >= 4 is 11.9 Å². The van der Waals surface area contributed by atoms with Gasteiger partial charge in [-0.15, -0.1) is 0 Å². The van der Waals surface area contributed by atoms with Crippen LogP contribution in [0.3, 0.4) is 0 Å². The summed E-state index contributed by atoms with van der Waals surface area (Å²) in [4.78, 5) is 25.2. The Morgan fingerprint density at radius 3 is 1.66 bits per heavy atom. The van der Waals surface area contributed by atoms with E-state index in [9.17, 15) is 30.0 Å². The highest BCUT2D eigenvalue weighted by Gasteiger charge is 2.44. The Labute approximate surface area is 318 Å². The number of esters is 2. The van der Waals surface area contributed by atoms with Crippen LogP contribution >= 0.6 is 0 Å². The lowest BCUT2D eigenvalue weighted by Crippen LogP contribution is -2.59. The van der Waals surface area contributed by atoms with E-state index in [0.29, 0.717) is 12.8 Å². The summed E-state index contributed by atoms with van der Waals surface area (Å²) in [5, 5.41) is 39.9. The Morgan fingerprint density at radius 1 is 0.585 bits per heavy atom. The van der Waals surface area contributed by atoms with E-state index in [2.05, 4.69) is 86.8 Å². The lowest BCUT2D eigenvalue weighted by molar-refractivity contribution is -0.305. The summed E-state index contributed by atoms with van der Waals surface area (Å²) in [5.41, 5.74) is 0. The second-order valence-electron chi connectivity index (χ2n) is 13.0. The molecule has 0 aromatic heterocycles. The topological polar surface area (TPSA) is 152 Å². The molecule has 0 aromatic carbocycles. The molecule has 0 bridgehead atoms. The Morgan fingerprint density at radius 2 is 1.09 bits per heavy atom. The molecule has 0 radical (unpaired) electrons. The number of aliphatic hydroxyl groups excluding tert-OH is 4. The molecule has 300 valence electrons. The summed E-state index contributed by atoms with van der Waals surface area (Å²) in [5.74, 6) is -0.933. The number of aliphatic hydroxyl groups is 4. The molecule has 0 aromatic rings. The predicted molar refractivity (Wildman–Crippen MR) is 210 cm³/mol. The zero-order chi connectivity index (χ0) is 38.8. The summed E-state index contributed by atoms with van der Waals surface area (Å²) in [7, 11) is 0. The van der Waals surface area contributed by atoms with E-state index in [-0.39, 0.29) is 26.1 Å². The van der Waals surface area contributed by atoms with Crippen molar-refractivity contribution in [1.82, 2.24) is 0 Å². The van der Waals surface area contributed by atoms with E-state index < -0.39 is 55.4 Å². The monoisotopic (exact) mass is 744 g/mol. The molecular formula is C43H68O10. The summed E-state index contributed by atoms with van der Waals surface area (Å²) < 4.78 is 22.0. The lowest BCUT2D eigenvalue weighted by atomic mass is 9.99. The zero-order valence-corrected chi connectivity index (χ0v) is 32.2. The number of allylic oxidation sites excluding steroid dienone is 14. The van der Waals surface area contributed by atoms with Gasteiger partial charge in [0, 0.05) is 12.8 Å². The Kier molecular flexibility index (Phi) is 30.2. The maximum atomic E-state index is 12.7. The van der Waals surface area contributed by atoms with E-state index in [0.717, 1.165) is 77.0 Å². The molecule has 0 aliphatic carbocycles. The molecule has 1 aliphatic rings. The Bertz CT molecular complexity index is 1140. The predicted octanol–water partition coefficient (Wildman–Crippen LogP) is 7.43.